The maximum Gasteiger partial charge on any atom is 0.253 e. The summed E-state index contributed by atoms with van der Waals surface area (Å²) in [6.45, 7) is 4.51. The molecule has 1 fully saturated rings. The van der Waals surface area contributed by atoms with E-state index >= 15 is 0 Å². The van der Waals surface area contributed by atoms with Crippen LogP contribution >= 0.6 is 0 Å². The van der Waals surface area contributed by atoms with Gasteiger partial charge >= 0.3 is 0 Å². The Bertz CT molecular complexity index is 627. The van der Waals surface area contributed by atoms with Gasteiger partial charge in [-0.1, -0.05) is 38.8 Å². The van der Waals surface area contributed by atoms with Gasteiger partial charge in [0.05, 0.1) is 11.1 Å². The lowest BCUT2D eigenvalue weighted by molar-refractivity contribution is 0.0855. The minimum absolute atomic E-state index is 0.0398. The van der Waals surface area contributed by atoms with E-state index in [0.717, 1.165) is 22.9 Å². The smallest absolute Gasteiger partial charge is 0.253 e. The summed E-state index contributed by atoms with van der Waals surface area (Å²) in [5.74, 6) is 0.0398. The zero-order valence-electron chi connectivity index (χ0n) is 12.2. The van der Waals surface area contributed by atoms with Crippen LogP contribution in [-0.4, -0.2) is 16.9 Å². The highest BCUT2D eigenvalue weighted by Crippen LogP contribution is 2.35. The molecule has 3 rings (SSSR count). The Hall–Kier alpha value is -1.77. The van der Waals surface area contributed by atoms with E-state index in [1.165, 1.54) is 19.3 Å². The van der Waals surface area contributed by atoms with E-state index in [2.05, 4.69) is 24.1 Å². The molecule has 2 aromatic rings. The minimum atomic E-state index is 0.0398. The molecule has 0 radical (unpaired) electrons. The van der Waals surface area contributed by atoms with E-state index in [1.54, 1.807) is 0 Å². The lowest BCUT2D eigenvalue weighted by atomic mass is 9.73. The second-order valence-corrected chi connectivity index (χ2v) is 6.51. The molecule has 1 atom stereocenters. The average Bonchev–Trinajstić information content (AvgIpc) is 2.89. The number of H-pyrrole nitrogens is 1. The van der Waals surface area contributed by atoms with Crippen molar-refractivity contribution in [3.05, 3.63) is 36.0 Å². The van der Waals surface area contributed by atoms with Crippen molar-refractivity contribution in [1.29, 1.82) is 0 Å². The predicted molar refractivity (Wildman–Crippen MR) is 81.8 cm³/mol. The molecule has 0 saturated heterocycles. The largest absolute Gasteiger partial charge is 0.361 e. The Morgan fingerprint density at radius 1 is 1.30 bits per heavy atom. The standard InChI is InChI=1S/C17H22N2O/c1-17(2)10-4-3-8-14(17)19-16(20)13-7-5-6-12-9-11-18-15(12)13/h5-7,9,11,14,18H,3-4,8,10H2,1-2H3,(H,19,20). The number of carbonyl (C=O) groups excluding carboxylic acids is 1. The van der Waals surface area contributed by atoms with Crippen molar-refractivity contribution in [2.45, 2.75) is 45.6 Å². The van der Waals surface area contributed by atoms with Crippen LogP contribution in [0.2, 0.25) is 0 Å². The van der Waals surface area contributed by atoms with Crippen LogP contribution in [0.1, 0.15) is 49.9 Å². The lowest BCUT2D eigenvalue weighted by Crippen LogP contribution is -2.46. The molecule has 0 bridgehead atoms. The van der Waals surface area contributed by atoms with Crippen molar-refractivity contribution >= 4 is 16.8 Å². The third-order valence-electron chi connectivity index (χ3n) is 4.64. The van der Waals surface area contributed by atoms with Crippen LogP contribution in [0.25, 0.3) is 10.9 Å². The zero-order chi connectivity index (χ0) is 14.2. The van der Waals surface area contributed by atoms with Gasteiger partial charge in [-0.2, -0.15) is 0 Å². The van der Waals surface area contributed by atoms with E-state index in [4.69, 9.17) is 0 Å². The van der Waals surface area contributed by atoms with E-state index in [0.29, 0.717) is 0 Å². The van der Waals surface area contributed by atoms with Gasteiger partial charge in [-0.25, -0.2) is 0 Å². The van der Waals surface area contributed by atoms with E-state index in [1.807, 2.05) is 30.5 Å². The van der Waals surface area contributed by atoms with Crippen LogP contribution in [0, 0.1) is 5.41 Å². The highest BCUT2D eigenvalue weighted by atomic mass is 16.1. The molecular formula is C17H22N2O. The van der Waals surface area contributed by atoms with Gasteiger partial charge in [0.25, 0.3) is 5.91 Å². The summed E-state index contributed by atoms with van der Waals surface area (Å²) < 4.78 is 0. The maximum absolute atomic E-state index is 12.6. The van der Waals surface area contributed by atoms with Crippen molar-refractivity contribution in [2.24, 2.45) is 5.41 Å². The van der Waals surface area contributed by atoms with Crippen LogP contribution in [-0.2, 0) is 0 Å². The quantitative estimate of drug-likeness (QED) is 0.855. The molecule has 3 heteroatoms. The SMILES string of the molecule is CC1(C)CCCCC1NC(=O)c1cccc2cc[nH]c12. The van der Waals surface area contributed by atoms with Crippen molar-refractivity contribution in [2.75, 3.05) is 0 Å². The molecule has 1 aromatic carbocycles. The molecule has 0 aliphatic heterocycles. The lowest BCUT2D eigenvalue weighted by Gasteiger charge is -2.39. The van der Waals surface area contributed by atoms with Crippen molar-refractivity contribution in [1.82, 2.24) is 10.3 Å². The zero-order valence-corrected chi connectivity index (χ0v) is 12.2. The topological polar surface area (TPSA) is 44.9 Å². The van der Waals surface area contributed by atoms with Gasteiger partial charge < -0.3 is 10.3 Å². The fraction of sp³-hybridized carbons (Fsp3) is 0.471. The monoisotopic (exact) mass is 270 g/mol. The molecule has 20 heavy (non-hydrogen) atoms. The first kappa shape index (κ1) is 13.2. The van der Waals surface area contributed by atoms with Gasteiger partial charge in [-0.3, -0.25) is 4.79 Å². The van der Waals surface area contributed by atoms with Crippen molar-refractivity contribution in [3.63, 3.8) is 0 Å². The van der Waals surface area contributed by atoms with Crippen molar-refractivity contribution < 1.29 is 4.79 Å². The number of rotatable bonds is 2. The van der Waals surface area contributed by atoms with Crippen LogP contribution in [0.3, 0.4) is 0 Å². The Morgan fingerprint density at radius 3 is 2.95 bits per heavy atom. The molecule has 0 spiro atoms. The maximum atomic E-state index is 12.6. The highest BCUT2D eigenvalue weighted by Gasteiger charge is 2.33. The number of hydrogen-bond donors (Lipinski definition) is 2. The molecule has 1 heterocycles. The van der Waals surface area contributed by atoms with Crippen LogP contribution in [0.4, 0.5) is 0 Å². The van der Waals surface area contributed by atoms with Gasteiger partial charge in [0.1, 0.15) is 0 Å². The number of aromatic nitrogens is 1. The first-order valence-electron chi connectivity index (χ1n) is 7.45. The first-order valence-corrected chi connectivity index (χ1v) is 7.45. The van der Waals surface area contributed by atoms with Crippen molar-refractivity contribution in [3.8, 4) is 0 Å². The average molecular weight is 270 g/mol. The normalized spacial score (nSPS) is 21.8. The van der Waals surface area contributed by atoms with Crippen LogP contribution < -0.4 is 5.32 Å². The Labute approximate surface area is 119 Å². The molecule has 1 aliphatic rings. The summed E-state index contributed by atoms with van der Waals surface area (Å²) in [7, 11) is 0. The summed E-state index contributed by atoms with van der Waals surface area (Å²) in [6.07, 6.45) is 6.63. The summed E-state index contributed by atoms with van der Waals surface area (Å²) in [5.41, 5.74) is 1.87. The number of carbonyl (C=O) groups is 1. The molecule has 3 nitrogen and oxygen atoms in total. The summed E-state index contributed by atoms with van der Waals surface area (Å²) in [6, 6.07) is 8.12. The van der Waals surface area contributed by atoms with Gasteiger partial charge in [-0.15, -0.1) is 0 Å². The fourth-order valence-corrected chi connectivity index (χ4v) is 3.27. The number of benzene rings is 1. The third kappa shape index (κ3) is 2.33. The van der Waals surface area contributed by atoms with Gasteiger partial charge in [0.15, 0.2) is 0 Å². The van der Waals surface area contributed by atoms with Gasteiger partial charge in [0, 0.05) is 17.6 Å². The Morgan fingerprint density at radius 2 is 2.15 bits per heavy atom. The first-order chi connectivity index (χ1) is 9.58. The van der Waals surface area contributed by atoms with Crippen LogP contribution in [0.15, 0.2) is 30.5 Å². The summed E-state index contributed by atoms with van der Waals surface area (Å²) in [4.78, 5) is 15.7. The second-order valence-electron chi connectivity index (χ2n) is 6.51. The fourth-order valence-electron chi connectivity index (χ4n) is 3.27. The molecule has 1 aliphatic carbocycles. The van der Waals surface area contributed by atoms with Gasteiger partial charge in [0.2, 0.25) is 0 Å². The number of hydrogen-bond acceptors (Lipinski definition) is 1. The number of fused-ring (bicyclic) bond motifs is 1. The number of aromatic amines is 1. The predicted octanol–water partition coefficient (Wildman–Crippen LogP) is 3.87. The van der Waals surface area contributed by atoms with E-state index in [-0.39, 0.29) is 17.4 Å². The molecule has 1 amide bonds. The number of para-hydroxylation sites is 1. The minimum Gasteiger partial charge on any atom is -0.361 e. The van der Waals surface area contributed by atoms with Crippen LogP contribution in [0.5, 0.6) is 0 Å². The summed E-state index contributed by atoms with van der Waals surface area (Å²) >= 11 is 0. The molecule has 106 valence electrons. The van der Waals surface area contributed by atoms with E-state index < -0.39 is 0 Å². The molecular weight excluding hydrogens is 248 g/mol. The Balaban J connectivity index is 1.84. The molecule has 1 unspecified atom stereocenters. The van der Waals surface area contributed by atoms with E-state index in [9.17, 15) is 4.79 Å². The molecule has 1 saturated carbocycles. The van der Waals surface area contributed by atoms with Gasteiger partial charge in [-0.05, 0) is 30.4 Å². The highest BCUT2D eigenvalue weighted by molar-refractivity contribution is 6.05. The second kappa shape index (κ2) is 4.97. The number of amides is 1. The summed E-state index contributed by atoms with van der Waals surface area (Å²) in [5, 5.41) is 4.33. The Kier molecular flexibility index (Phi) is 3.28. The third-order valence-corrected chi connectivity index (χ3v) is 4.64. The molecule has 2 N–H and O–H groups in total. The molecule has 1 aromatic heterocycles. The number of nitrogens with one attached hydrogen (secondary N) is 2.